The molecule has 138 valence electrons. The highest BCUT2D eigenvalue weighted by atomic mass is 35.5. The van der Waals surface area contributed by atoms with Crippen molar-refractivity contribution in [2.45, 2.75) is 6.92 Å². The predicted molar refractivity (Wildman–Crippen MR) is 103 cm³/mol. The monoisotopic (exact) mass is 384 g/mol. The molecular formula is C19H17ClN4O3. The van der Waals surface area contributed by atoms with Crippen LogP contribution >= 0.6 is 11.6 Å². The molecule has 1 aliphatic heterocycles. The maximum absolute atomic E-state index is 11.7. The fourth-order valence-electron chi connectivity index (χ4n) is 2.50. The molecule has 0 aromatic heterocycles. The Morgan fingerprint density at radius 3 is 2.70 bits per heavy atom. The zero-order chi connectivity index (χ0) is 19.2. The van der Waals surface area contributed by atoms with Crippen LogP contribution in [0.25, 0.3) is 0 Å². The number of aliphatic imine (C=N–C) groups is 2. The third kappa shape index (κ3) is 4.51. The van der Waals surface area contributed by atoms with E-state index >= 15 is 0 Å². The quantitative estimate of drug-likeness (QED) is 0.472. The van der Waals surface area contributed by atoms with Gasteiger partial charge in [0.15, 0.2) is 0 Å². The second kappa shape index (κ2) is 8.46. The average molecular weight is 385 g/mol. The molecule has 0 saturated heterocycles. The van der Waals surface area contributed by atoms with Gasteiger partial charge in [0.05, 0.1) is 24.6 Å². The summed E-state index contributed by atoms with van der Waals surface area (Å²) in [5.74, 6) is -1.51. The molecule has 2 aromatic rings. The van der Waals surface area contributed by atoms with E-state index in [-0.39, 0.29) is 13.2 Å². The van der Waals surface area contributed by atoms with Crippen molar-refractivity contribution in [1.82, 2.24) is 10.9 Å². The molecule has 3 rings (SSSR count). The average Bonchev–Trinajstić information content (AvgIpc) is 2.86. The summed E-state index contributed by atoms with van der Waals surface area (Å²) in [6, 6.07) is 15.0. The van der Waals surface area contributed by atoms with Gasteiger partial charge in [0.2, 0.25) is 0 Å². The minimum absolute atomic E-state index is 0.117. The largest absolute Gasteiger partial charge is 0.459 e. The highest BCUT2D eigenvalue weighted by Gasteiger charge is 2.18. The number of carbonyl (C=O) groups excluding carboxylic acids is 2. The second-order valence-electron chi connectivity index (χ2n) is 5.55. The van der Waals surface area contributed by atoms with Crippen LogP contribution in [0.15, 0.2) is 58.5 Å². The number of hydrogen-bond acceptors (Lipinski definition) is 6. The molecule has 7 nitrogen and oxygen atoms in total. The number of nitrogens with one attached hydrogen (secondary N) is 2. The maximum atomic E-state index is 11.7. The van der Waals surface area contributed by atoms with E-state index < -0.39 is 11.9 Å². The fourth-order valence-corrected chi connectivity index (χ4v) is 2.67. The number of amidine groups is 1. The van der Waals surface area contributed by atoms with Crippen LogP contribution in [0.5, 0.6) is 0 Å². The third-order valence-corrected chi connectivity index (χ3v) is 3.92. The summed E-state index contributed by atoms with van der Waals surface area (Å²) in [4.78, 5) is 32.2. The van der Waals surface area contributed by atoms with Gasteiger partial charge in [-0.05, 0) is 25.1 Å². The molecule has 0 aliphatic carbocycles. The number of ether oxygens (including phenoxy) is 1. The Kier molecular flexibility index (Phi) is 5.83. The summed E-state index contributed by atoms with van der Waals surface area (Å²) >= 11 is 6.16. The minimum Gasteiger partial charge on any atom is -0.459 e. The summed E-state index contributed by atoms with van der Waals surface area (Å²) in [5, 5.41) is 0.569. The van der Waals surface area contributed by atoms with Crippen LogP contribution < -0.4 is 10.9 Å². The zero-order valence-electron chi connectivity index (χ0n) is 14.5. The molecule has 0 bridgehead atoms. The molecule has 2 aromatic carbocycles. The molecule has 8 heteroatoms. The molecule has 0 atom stereocenters. The van der Waals surface area contributed by atoms with Crippen LogP contribution in [0, 0.1) is 0 Å². The van der Waals surface area contributed by atoms with Crippen molar-refractivity contribution in [3.05, 3.63) is 64.7 Å². The SMILES string of the molecule is CCOC(=O)C(=O)NNC1=Nc2ccc(Cl)cc2C(c2ccccc2)=NC1. The van der Waals surface area contributed by atoms with Crippen molar-refractivity contribution < 1.29 is 14.3 Å². The first-order chi connectivity index (χ1) is 13.1. The first-order valence-electron chi connectivity index (χ1n) is 8.29. The highest BCUT2D eigenvalue weighted by Crippen LogP contribution is 2.28. The molecule has 2 N–H and O–H groups in total. The van der Waals surface area contributed by atoms with E-state index in [9.17, 15) is 9.59 Å². The molecule has 0 fully saturated rings. The number of esters is 1. The molecule has 1 heterocycles. The summed E-state index contributed by atoms with van der Waals surface area (Å²) in [7, 11) is 0. The first kappa shape index (κ1) is 18.6. The standard InChI is InChI=1S/C19H17ClN4O3/c1-2-27-19(26)18(25)24-23-16-11-21-17(12-6-4-3-5-7-12)14-10-13(20)8-9-15(14)22-16/h3-10H,2,11H2,1H3,(H,22,23)(H,24,25). The Morgan fingerprint density at radius 2 is 1.96 bits per heavy atom. The number of fused-ring (bicyclic) bond motifs is 1. The van der Waals surface area contributed by atoms with Gasteiger partial charge in [-0.1, -0.05) is 41.9 Å². The first-order valence-corrected chi connectivity index (χ1v) is 8.66. The normalized spacial score (nSPS) is 12.8. The van der Waals surface area contributed by atoms with Crippen molar-refractivity contribution in [2.24, 2.45) is 9.98 Å². The molecule has 27 heavy (non-hydrogen) atoms. The molecular weight excluding hydrogens is 368 g/mol. The van der Waals surface area contributed by atoms with Crippen molar-refractivity contribution in [2.75, 3.05) is 13.2 Å². The van der Waals surface area contributed by atoms with E-state index in [1.165, 1.54) is 0 Å². The van der Waals surface area contributed by atoms with E-state index in [1.807, 2.05) is 30.3 Å². The lowest BCUT2D eigenvalue weighted by atomic mass is 10.0. The molecule has 0 unspecified atom stereocenters. The Bertz CT molecular complexity index is 926. The number of benzene rings is 2. The number of carbonyl (C=O) groups is 2. The molecule has 1 aliphatic rings. The lowest BCUT2D eigenvalue weighted by Crippen LogP contribution is -2.46. The van der Waals surface area contributed by atoms with Crippen LogP contribution in [0.1, 0.15) is 18.1 Å². The smallest absolute Gasteiger partial charge is 0.398 e. The number of nitrogens with zero attached hydrogens (tertiary/aromatic N) is 2. The van der Waals surface area contributed by atoms with Gasteiger partial charge in [-0.15, -0.1) is 0 Å². The summed E-state index contributed by atoms with van der Waals surface area (Å²) < 4.78 is 4.64. The van der Waals surface area contributed by atoms with Gasteiger partial charge >= 0.3 is 11.9 Å². The van der Waals surface area contributed by atoms with E-state index in [2.05, 4.69) is 25.6 Å². The number of hydrazine groups is 1. The van der Waals surface area contributed by atoms with Crippen LogP contribution in [0.3, 0.4) is 0 Å². The molecule has 0 saturated carbocycles. The van der Waals surface area contributed by atoms with E-state index in [1.54, 1.807) is 25.1 Å². The topological polar surface area (TPSA) is 92.2 Å². The molecule has 0 radical (unpaired) electrons. The Morgan fingerprint density at radius 1 is 1.19 bits per heavy atom. The predicted octanol–water partition coefficient (Wildman–Crippen LogP) is 2.40. The highest BCUT2D eigenvalue weighted by molar-refractivity contribution is 6.32. The van der Waals surface area contributed by atoms with Crippen LogP contribution in [-0.2, 0) is 14.3 Å². The number of hydrogen-bond donors (Lipinski definition) is 2. The summed E-state index contributed by atoms with van der Waals surface area (Å²) in [6.07, 6.45) is 0. The maximum Gasteiger partial charge on any atom is 0.398 e. The Balaban J connectivity index is 1.87. The fraction of sp³-hybridized carbons (Fsp3) is 0.158. The van der Waals surface area contributed by atoms with Gasteiger partial charge in [0, 0.05) is 16.1 Å². The van der Waals surface area contributed by atoms with E-state index in [0.29, 0.717) is 16.5 Å². The lowest BCUT2D eigenvalue weighted by Gasteiger charge is -2.09. The van der Waals surface area contributed by atoms with Crippen LogP contribution in [0.2, 0.25) is 5.02 Å². The van der Waals surface area contributed by atoms with E-state index in [4.69, 9.17) is 11.6 Å². The second-order valence-corrected chi connectivity index (χ2v) is 5.99. The van der Waals surface area contributed by atoms with Crippen molar-refractivity contribution in [3.63, 3.8) is 0 Å². The van der Waals surface area contributed by atoms with Gasteiger partial charge in [-0.3, -0.25) is 20.6 Å². The summed E-state index contributed by atoms with van der Waals surface area (Å²) in [5.41, 5.74) is 8.00. The third-order valence-electron chi connectivity index (χ3n) is 3.68. The number of amides is 1. The van der Waals surface area contributed by atoms with Crippen LogP contribution in [0.4, 0.5) is 5.69 Å². The Labute approximate surface area is 161 Å². The molecule has 0 spiro atoms. The molecule has 1 amide bonds. The van der Waals surface area contributed by atoms with Gasteiger partial charge in [-0.2, -0.15) is 0 Å². The lowest BCUT2D eigenvalue weighted by molar-refractivity contribution is -0.154. The zero-order valence-corrected chi connectivity index (χ0v) is 15.3. The van der Waals surface area contributed by atoms with Gasteiger partial charge in [-0.25, -0.2) is 9.79 Å². The van der Waals surface area contributed by atoms with Gasteiger partial charge in [0.25, 0.3) is 0 Å². The Hall–Kier alpha value is -3.19. The van der Waals surface area contributed by atoms with Crippen LogP contribution in [-0.4, -0.2) is 36.6 Å². The van der Waals surface area contributed by atoms with Crippen molar-refractivity contribution in [1.29, 1.82) is 0 Å². The minimum atomic E-state index is -0.972. The number of rotatable bonds is 2. The number of halogens is 1. The van der Waals surface area contributed by atoms with Gasteiger partial charge < -0.3 is 4.74 Å². The van der Waals surface area contributed by atoms with Crippen molar-refractivity contribution in [3.8, 4) is 0 Å². The summed E-state index contributed by atoms with van der Waals surface area (Å²) in [6.45, 7) is 1.92. The van der Waals surface area contributed by atoms with Crippen molar-refractivity contribution >= 4 is 40.7 Å². The van der Waals surface area contributed by atoms with Gasteiger partial charge in [0.1, 0.15) is 5.84 Å². The van der Waals surface area contributed by atoms with E-state index in [0.717, 1.165) is 16.8 Å².